The predicted octanol–water partition coefficient (Wildman–Crippen LogP) is 2.36. The van der Waals surface area contributed by atoms with E-state index in [0.717, 1.165) is 13.0 Å². The first-order valence-corrected chi connectivity index (χ1v) is 8.03. The zero-order valence-corrected chi connectivity index (χ0v) is 14.0. The van der Waals surface area contributed by atoms with Crippen molar-refractivity contribution in [3.05, 3.63) is 45.8 Å². The first-order valence-electron chi connectivity index (χ1n) is 8.03. The fourth-order valence-electron chi connectivity index (χ4n) is 3.39. The highest BCUT2D eigenvalue weighted by Crippen LogP contribution is 2.47. The number of hydrogen-bond acceptors (Lipinski definition) is 6. The van der Waals surface area contributed by atoms with Gasteiger partial charge in [-0.05, 0) is 26.3 Å². The van der Waals surface area contributed by atoms with E-state index in [4.69, 9.17) is 4.74 Å². The Morgan fingerprint density at radius 3 is 2.83 bits per heavy atom. The number of ketones is 1. The molecule has 2 heterocycles. The Balaban J connectivity index is 2.07. The quantitative estimate of drug-likeness (QED) is 0.650. The van der Waals surface area contributed by atoms with Crippen LogP contribution in [-0.4, -0.2) is 22.9 Å². The fourth-order valence-corrected chi connectivity index (χ4v) is 3.39. The van der Waals surface area contributed by atoms with Crippen LogP contribution in [0, 0.1) is 10.1 Å². The zero-order chi connectivity index (χ0) is 17.5. The molecule has 0 radical (unpaired) electrons. The Labute approximate surface area is 140 Å². The van der Waals surface area contributed by atoms with Gasteiger partial charge in [-0.15, -0.1) is 0 Å². The Morgan fingerprint density at radius 1 is 1.42 bits per heavy atom. The Hall–Kier alpha value is -2.57. The monoisotopic (exact) mass is 331 g/mol. The largest absolute Gasteiger partial charge is 0.487 e. The molecule has 0 amide bonds. The van der Waals surface area contributed by atoms with Crippen molar-refractivity contribution in [2.45, 2.75) is 44.8 Å². The van der Waals surface area contributed by atoms with Gasteiger partial charge in [-0.1, -0.05) is 6.92 Å². The summed E-state index contributed by atoms with van der Waals surface area (Å²) in [6, 6.07) is 4.41. The summed E-state index contributed by atoms with van der Waals surface area (Å²) >= 11 is 0. The second-order valence-corrected chi connectivity index (χ2v) is 6.86. The van der Waals surface area contributed by atoms with E-state index < -0.39 is 16.1 Å². The molecule has 7 nitrogen and oxygen atoms in total. The van der Waals surface area contributed by atoms with E-state index in [9.17, 15) is 14.9 Å². The minimum Gasteiger partial charge on any atom is -0.487 e. The maximum atomic E-state index is 12.9. The lowest BCUT2D eigenvalue weighted by molar-refractivity contribution is -0.385. The van der Waals surface area contributed by atoms with Crippen molar-refractivity contribution in [3.63, 3.8) is 0 Å². The van der Waals surface area contributed by atoms with Crippen LogP contribution in [0.15, 0.2) is 30.1 Å². The van der Waals surface area contributed by atoms with Crippen LogP contribution in [0.25, 0.3) is 0 Å². The highest BCUT2D eigenvalue weighted by atomic mass is 16.6. The molecule has 1 spiro atoms. The lowest BCUT2D eigenvalue weighted by Crippen LogP contribution is -2.54. The molecule has 1 unspecified atom stereocenters. The van der Waals surface area contributed by atoms with Gasteiger partial charge < -0.3 is 15.4 Å². The van der Waals surface area contributed by atoms with E-state index in [0.29, 0.717) is 23.6 Å². The summed E-state index contributed by atoms with van der Waals surface area (Å²) in [4.78, 5) is 23.5. The summed E-state index contributed by atoms with van der Waals surface area (Å²) in [5.74, 6) is 1.04. The zero-order valence-electron chi connectivity index (χ0n) is 14.0. The summed E-state index contributed by atoms with van der Waals surface area (Å²) in [6.07, 6.45) is 2.86. The van der Waals surface area contributed by atoms with Crippen molar-refractivity contribution in [1.29, 1.82) is 0 Å². The summed E-state index contributed by atoms with van der Waals surface area (Å²) < 4.78 is 5.95. The van der Waals surface area contributed by atoms with Crippen molar-refractivity contribution in [2.24, 2.45) is 0 Å². The SMILES string of the molecule is CCCNC1=CC(=O)C2(CC(C)(C)Oc3ccc([N+](=O)[O-])cc32)N1. The maximum absolute atomic E-state index is 12.9. The summed E-state index contributed by atoms with van der Waals surface area (Å²) in [5, 5.41) is 17.6. The molecule has 1 atom stereocenters. The molecule has 7 heteroatoms. The topological polar surface area (TPSA) is 93.5 Å². The molecule has 0 fully saturated rings. The van der Waals surface area contributed by atoms with Gasteiger partial charge in [0, 0.05) is 36.7 Å². The number of fused-ring (bicyclic) bond motifs is 2. The summed E-state index contributed by atoms with van der Waals surface area (Å²) in [7, 11) is 0. The molecule has 0 saturated carbocycles. The van der Waals surface area contributed by atoms with Crippen molar-refractivity contribution >= 4 is 11.5 Å². The molecule has 2 aliphatic heterocycles. The standard InChI is InChI=1S/C17H21N3O4/c1-4-7-18-15-9-14(21)17(19-15)10-16(2,3)24-13-6-5-11(20(22)23)8-12(13)17/h5-6,8-9,18-19H,4,7,10H2,1-3H3. The third-order valence-electron chi connectivity index (χ3n) is 4.32. The van der Waals surface area contributed by atoms with Gasteiger partial charge in [0.25, 0.3) is 5.69 Å². The Bertz CT molecular complexity index is 741. The number of hydrogen-bond donors (Lipinski definition) is 2. The van der Waals surface area contributed by atoms with E-state index in [1.165, 1.54) is 12.1 Å². The molecular formula is C17H21N3O4. The van der Waals surface area contributed by atoms with E-state index in [1.807, 2.05) is 20.8 Å². The molecule has 24 heavy (non-hydrogen) atoms. The summed E-state index contributed by atoms with van der Waals surface area (Å²) in [6.45, 7) is 6.59. The molecule has 1 aromatic rings. The molecule has 128 valence electrons. The van der Waals surface area contributed by atoms with Gasteiger partial charge in [-0.3, -0.25) is 14.9 Å². The number of benzene rings is 1. The van der Waals surface area contributed by atoms with Crippen LogP contribution >= 0.6 is 0 Å². The number of non-ortho nitro benzene ring substituents is 1. The molecule has 0 aliphatic carbocycles. The van der Waals surface area contributed by atoms with Crippen LogP contribution in [-0.2, 0) is 10.3 Å². The molecule has 2 N–H and O–H groups in total. The number of ether oxygens (including phenoxy) is 1. The Kier molecular flexibility index (Phi) is 3.74. The highest BCUT2D eigenvalue weighted by molar-refractivity contribution is 6.02. The van der Waals surface area contributed by atoms with Crippen LogP contribution in [0.1, 0.15) is 39.2 Å². The Morgan fingerprint density at radius 2 is 2.17 bits per heavy atom. The molecule has 1 aromatic carbocycles. The average Bonchev–Trinajstić information content (AvgIpc) is 2.80. The van der Waals surface area contributed by atoms with Gasteiger partial charge in [0.2, 0.25) is 0 Å². The van der Waals surface area contributed by atoms with E-state index in [2.05, 4.69) is 10.6 Å². The van der Waals surface area contributed by atoms with Crippen molar-refractivity contribution in [2.75, 3.05) is 6.54 Å². The summed E-state index contributed by atoms with van der Waals surface area (Å²) in [5.41, 5.74) is -1.13. The van der Waals surface area contributed by atoms with Gasteiger partial charge in [-0.2, -0.15) is 0 Å². The van der Waals surface area contributed by atoms with Gasteiger partial charge in [-0.25, -0.2) is 0 Å². The number of carbonyl (C=O) groups excluding carboxylic acids is 1. The number of nitro benzene ring substituents is 1. The van der Waals surface area contributed by atoms with Crippen molar-refractivity contribution < 1.29 is 14.5 Å². The minimum atomic E-state index is -1.03. The highest BCUT2D eigenvalue weighted by Gasteiger charge is 2.53. The van der Waals surface area contributed by atoms with Crippen LogP contribution in [0.5, 0.6) is 5.75 Å². The number of nitrogens with zero attached hydrogens (tertiary/aromatic N) is 1. The molecule has 0 bridgehead atoms. The van der Waals surface area contributed by atoms with Crippen LogP contribution in [0.2, 0.25) is 0 Å². The molecule has 0 saturated heterocycles. The third kappa shape index (κ3) is 2.60. The predicted molar refractivity (Wildman–Crippen MR) is 88.6 cm³/mol. The normalized spacial score (nSPS) is 24.0. The van der Waals surface area contributed by atoms with Gasteiger partial charge in [0.1, 0.15) is 22.7 Å². The molecule has 0 aromatic heterocycles. The average molecular weight is 331 g/mol. The van der Waals surface area contributed by atoms with Crippen LogP contribution in [0.4, 0.5) is 5.69 Å². The smallest absolute Gasteiger partial charge is 0.270 e. The molecule has 2 aliphatic rings. The van der Waals surface area contributed by atoms with Crippen molar-refractivity contribution in [3.8, 4) is 5.75 Å². The second kappa shape index (κ2) is 5.51. The minimum absolute atomic E-state index is 0.0546. The lowest BCUT2D eigenvalue weighted by atomic mass is 9.76. The molecular weight excluding hydrogens is 310 g/mol. The van der Waals surface area contributed by atoms with Gasteiger partial charge in [0.05, 0.1) is 4.92 Å². The van der Waals surface area contributed by atoms with Gasteiger partial charge >= 0.3 is 0 Å². The first-order chi connectivity index (χ1) is 11.3. The number of rotatable bonds is 4. The van der Waals surface area contributed by atoms with Crippen molar-refractivity contribution in [1.82, 2.24) is 10.6 Å². The number of nitrogens with one attached hydrogen (secondary N) is 2. The first kappa shape index (κ1) is 16.3. The third-order valence-corrected chi connectivity index (χ3v) is 4.32. The number of nitro groups is 1. The maximum Gasteiger partial charge on any atom is 0.270 e. The molecule has 3 rings (SSSR count). The van der Waals surface area contributed by atoms with E-state index in [1.54, 1.807) is 12.1 Å². The van der Waals surface area contributed by atoms with E-state index in [-0.39, 0.29) is 11.5 Å². The van der Waals surface area contributed by atoms with E-state index >= 15 is 0 Å². The fraction of sp³-hybridized carbons (Fsp3) is 0.471. The second-order valence-electron chi connectivity index (χ2n) is 6.86. The van der Waals surface area contributed by atoms with Crippen LogP contribution < -0.4 is 15.4 Å². The lowest BCUT2D eigenvalue weighted by Gasteiger charge is -2.43. The van der Waals surface area contributed by atoms with Gasteiger partial charge in [0.15, 0.2) is 5.78 Å². The number of carbonyl (C=O) groups is 1. The van der Waals surface area contributed by atoms with Crippen LogP contribution in [0.3, 0.4) is 0 Å².